The molecule has 0 saturated carbocycles. The minimum Gasteiger partial charge on any atom is -0.241 e. The summed E-state index contributed by atoms with van der Waals surface area (Å²) in [6, 6.07) is 8.15. The van der Waals surface area contributed by atoms with Crippen molar-refractivity contribution >= 4 is 10.9 Å². The van der Waals surface area contributed by atoms with E-state index in [2.05, 4.69) is 36.8 Å². The Morgan fingerprint density at radius 2 is 1.94 bits per heavy atom. The van der Waals surface area contributed by atoms with Gasteiger partial charge in [0.1, 0.15) is 5.82 Å². The molecule has 1 aromatic heterocycles. The predicted octanol–water partition coefficient (Wildman–Crippen LogP) is 4.00. The Labute approximate surface area is 103 Å². The van der Waals surface area contributed by atoms with Crippen molar-refractivity contribution in [2.75, 3.05) is 0 Å². The molecule has 2 rings (SSSR count). The van der Waals surface area contributed by atoms with Crippen LogP contribution in [0.2, 0.25) is 0 Å². The third-order valence-electron chi connectivity index (χ3n) is 3.10. The summed E-state index contributed by atoms with van der Waals surface area (Å²) in [5, 5.41) is 1.12. The molecule has 0 amide bonds. The van der Waals surface area contributed by atoms with Crippen molar-refractivity contribution in [3.63, 3.8) is 0 Å². The first-order valence-corrected chi connectivity index (χ1v) is 6.31. The molecular formula is C15H20N2. The molecule has 90 valence electrons. The first-order chi connectivity index (χ1) is 8.11. The van der Waals surface area contributed by atoms with Gasteiger partial charge in [-0.25, -0.2) is 9.97 Å². The van der Waals surface area contributed by atoms with Crippen LogP contribution < -0.4 is 0 Å². The minimum atomic E-state index is 0.289. The van der Waals surface area contributed by atoms with Crippen molar-refractivity contribution < 1.29 is 0 Å². The van der Waals surface area contributed by atoms with E-state index in [0.29, 0.717) is 0 Å². The molecule has 0 atom stereocenters. The van der Waals surface area contributed by atoms with E-state index in [1.807, 2.05) is 24.4 Å². The van der Waals surface area contributed by atoms with Gasteiger partial charge < -0.3 is 0 Å². The van der Waals surface area contributed by atoms with E-state index in [1.54, 1.807) is 0 Å². The Balaban J connectivity index is 2.25. The topological polar surface area (TPSA) is 25.8 Å². The van der Waals surface area contributed by atoms with E-state index in [4.69, 9.17) is 0 Å². The standard InChI is InChI=1S/C15H20N2/c1-4-9-15(2,3)10-14-16-11-12-7-5-6-8-13(12)17-14/h5-8,11H,4,9-10H2,1-3H3. The fourth-order valence-electron chi connectivity index (χ4n) is 2.29. The van der Waals surface area contributed by atoms with Gasteiger partial charge in [-0.1, -0.05) is 45.4 Å². The Morgan fingerprint density at radius 3 is 2.71 bits per heavy atom. The average Bonchev–Trinajstić information content (AvgIpc) is 2.28. The average molecular weight is 228 g/mol. The van der Waals surface area contributed by atoms with E-state index in [1.165, 1.54) is 12.8 Å². The van der Waals surface area contributed by atoms with E-state index >= 15 is 0 Å². The molecule has 0 N–H and O–H groups in total. The van der Waals surface area contributed by atoms with E-state index in [-0.39, 0.29) is 5.41 Å². The second-order valence-corrected chi connectivity index (χ2v) is 5.44. The summed E-state index contributed by atoms with van der Waals surface area (Å²) < 4.78 is 0. The highest BCUT2D eigenvalue weighted by atomic mass is 14.9. The van der Waals surface area contributed by atoms with Gasteiger partial charge in [0.05, 0.1) is 5.52 Å². The summed E-state index contributed by atoms with van der Waals surface area (Å²) in [5.41, 5.74) is 1.34. The quantitative estimate of drug-likeness (QED) is 0.790. The Hall–Kier alpha value is -1.44. The lowest BCUT2D eigenvalue weighted by molar-refractivity contribution is 0.322. The highest BCUT2D eigenvalue weighted by molar-refractivity contribution is 5.77. The molecule has 17 heavy (non-hydrogen) atoms. The molecule has 0 unspecified atom stereocenters. The molecular weight excluding hydrogens is 208 g/mol. The number of hydrogen-bond acceptors (Lipinski definition) is 2. The van der Waals surface area contributed by atoms with Crippen LogP contribution in [0.4, 0.5) is 0 Å². The highest BCUT2D eigenvalue weighted by Crippen LogP contribution is 2.26. The molecule has 2 aromatic rings. The largest absolute Gasteiger partial charge is 0.241 e. The summed E-state index contributed by atoms with van der Waals surface area (Å²) in [6.07, 6.45) is 5.30. The third kappa shape index (κ3) is 3.02. The number of hydrogen-bond donors (Lipinski definition) is 0. The lowest BCUT2D eigenvalue weighted by Gasteiger charge is -2.22. The van der Waals surface area contributed by atoms with Gasteiger partial charge >= 0.3 is 0 Å². The minimum absolute atomic E-state index is 0.289. The first-order valence-electron chi connectivity index (χ1n) is 6.31. The van der Waals surface area contributed by atoms with Crippen molar-refractivity contribution in [2.45, 2.75) is 40.0 Å². The number of para-hydroxylation sites is 1. The van der Waals surface area contributed by atoms with Crippen LogP contribution in [0.15, 0.2) is 30.5 Å². The van der Waals surface area contributed by atoms with E-state index < -0.39 is 0 Å². The zero-order chi connectivity index (χ0) is 12.3. The number of fused-ring (bicyclic) bond motifs is 1. The zero-order valence-electron chi connectivity index (χ0n) is 10.9. The Kier molecular flexibility index (Phi) is 3.41. The molecule has 0 bridgehead atoms. The molecule has 0 fully saturated rings. The lowest BCUT2D eigenvalue weighted by atomic mass is 9.84. The number of benzene rings is 1. The normalized spacial score (nSPS) is 11.9. The predicted molar refractivity (Wildman–Crippen MR) is 71.9 cm³/mol. The van der Waals surface area contributed by atoms with Crippen molar-refractivity contribution in [3.8, 4) is 0 Å². The van der Waals surface area contributed by atoms with Gasteiger partial charge in [0.2, 0.25) is 0 Å². The molecule has 0 saturated heterocycles. The lowest BCUT2D eigenvalue weighted by Crippen LogP contribution is -2.16. The second-order valence-electron chi connectivity index (χ2n) is 5.44. The van der Waals surface area contributed by atoms with E-state index in [9.17, 15) is 0 Å². The van der Waals surface area contributed by atoms with Crippen molar-refractivity contribution in [1.82, 2.24) is 9.97 Å². The van der Waals surface area contributed by atoms with Crippen LogP contribution in [0.3, 0.4) is 0 Å². The van der Waals surface area contributed by atoms with Crippen LogP contribution in [-0.4, -0.2) is 9.97 Å². The molecule has 0 spiro atoms. The second kappa shape index (κ2) is 4.82. The van der Waals surface area contributed by atoms with Gasteiger partial charge in [0.25, 0.3) is 0 Å². The summed E-state index contributed by atoms with van der Waals surface area (Å²) in [6.45, 7) is 6.80. The van der Waals surface area contributed by atoms with Crippen molar-refractivity contribution in [3.05, 3.63) is 36.3 Å². The Bertz CT molecular complexity index is 503. The number of aromatic nitrogens is 2. The molecule has 0 aliphatic carbocycles. The summed E-state index contributed by atoms with van der Waals surface area (Å²) >= 11 is 0. The maximum Gasteiger partial charge on any atom is 0.129 e. The highest BCUT2D eigenvalue weighted by Gasteiger charge is 2.18. The van der Waals surface area contributed by atoms with Gasteiger partial charge in [-0.3, -0.25) is 0 Å². The summed E-state index contributed by atoms with van der Waals surface area (Å²) in [4.78, 5) is 9.09. The first kappa shape index (κ1) is 12.0. The van der Waals surface area contributed by atoms with Crippen LogP contribution in [0.5, 0.6) is 0 Å². The van der Waals surface area contributed by atoms with E-state index in [0.717, 1.165) is 23.1 Å². The molecule has 2 heteroatoms. The molecule has 1 aromatic carbocycles. The monoisotopic (exact) mass is 228 g/mol. The van der Waals surface area contributed by atoms with Crippen molar-refractivity contribution in [1.29, 1.82) is 0 Å². The number of rotatable bonds is 4. The molecule has 2 nitrogen and oxygen atoms in total. The number of nitrogens with zero attached hydrogens (tertiary/aromatic N) is 2. The molecule has 1 heterocycles. The molecule has 0 aliphatic heterocycles. The van der Waals surface area contributed by atoms with Gasteiger partial charge in [-0.2, -0.15) is 0 Å². The SMILES string of the molecule is CCCC(C)(C)Cc1ncc2ccccc2n1. The van der Waals surface area contributed by atoms with Crippen LogP contribution in [-0.2, 0) is 6.42 Å². The fourth-order valence-corrected chi connectivity index (χ4v) is 2.29. The smallest absolute Gasteiger partial charge is 0.129 e. The molecule has 0 radical (unpaired) electrons. The Morgan fingerprint density at radius 1 is 1.18 bits per heavy atom. The van der Waals surface area contributed by atoms with Crippen molar-refractivity contribution in [2.24, 2.45) is 5.41 Å². The fraction of sp³-hybridized carbons (Fsp3) is 0.467. The maximum atomic E-state index is 4.63. The zero-order valence-corrected chi connectivity index (χ0v) is 10.9. The van der Waals surface area contributed by atoms with Crippen LogP contribution in [0.1, 0.15) is 39.4 Å². The molecule has 0 aliphatic rings. The van der Waals surface area contributed by atoms with Gasteiger partial charge in [-0.15, -0.1) is 0 Å². The van der Waals surface area contributed by atoms with Crippen LogP contribution in [0.25, 0.3) is 10.9 Å². The maximum absolute atomic E-state index is 4.63. The van der Waals surface area contributed by atoms with Gasteiger partial charge in [-0.05, 0) is 17.9 Å². The summed E-state index contributed by atoms with van der Waals surface area (Å²) in [5.74, 6) is 0.960. The van der Waals surface area contributed by atoms with Gasteiger partial charge in [0.15, 0.2) is 0 Å². The van der Waals surface area contributed by atoms with Gasteiger partial charge in [0, 0.05) is 18.0 Å². The third-order valence-corrected chi connectivity index (χ3v) is 3.10. The summed E-state index contributed by atoms with van der Waals surface area (Å²) in [7, 11) is 0. The van der Waals surface area contributed by atoms with Crippen LogP contribution in [0, 0.1) is 5.41 Å². The van der Waals surface area contributed by atoms with Crippen LogP contribution >= 0.6 is 0 Å².